The van der Waals surface area contributed by atoms with Crippen molar-refractivity contribution in [3.8, 4) is 11.5 Å². The maximum Gasteiger partial charge on any atom is 0.228 e. The van der Waals surface area contributed by atoms with Gasteiger partial charge in [-0.3, -0.25) is 4.79 Å². The topological polar surface area (TPSA) is 75.4 Å². The molecule has 6 heteroatoms. The number of ether oxygens (including phenoxy) is 2. The fourth-order valence-electron chi connectivity index (χ4n) is 3.58. The van der Waals surface area contributed by atoms with Crippen molar-refractivity contribution in [2.75, 3.05) is 23.8 Å². The number of aromatic amines is 1. The van der Waals surface area contributed by atoms with Gasteiger partial charge in [-0.1, -0.05) is 18.2 Å². The highest BCUT2D eigenvalue weighted by molar-refractivity contribution is 5.95. The number of carbonyl (C=O) groups is 1. The van der Waals surface area contributed by atoms with Crippen LogP contribution in [0.3, 0.4) is 0 Å². The second kappa shape index (κ2) is 7.83. The summed E-state index contributed by atoms with van der Waals surface area (Å²) in [5.74, 6) is 1.46. The number of hydrogen-bond acceptors (Lipinski definition) is 4. The van der Waals surface area contributed by atoms with Crippen LogP contribution in [-0.2, 0) is 11.2 Å². The first kappa shape index (κ1) is 18.1. The molecule has 1 aromatic heterocycles. The summed E-state index contributed by atoms with van der Waals surface area (Å²) in [6.07, 6.45) is 2.21. The maximum atomic E-state index is 12.5. The molecule has 2 heterocycles. The molecule has 0 bridgehead atoms. The lowest BCUT2D eigenvalue weighted by Crippen LogP contribution is -2.15. The number of nitrogens with one attached hydrogen (secondary N) is 3. The summed E-state index contributed by atoms with van der Waals surface area (Å²) in [6, 6.07) is 21.4. The van der Waals surface area contributed by atoms with E-state index in [0.29, 0.717) is 19.6 Å². The molecule has 1 aliphatic rings. The Morgan fingerprint density at radius 3 is 2.47 bits per heavy atom. The van der Waals surface area contributed by atoms with Gasteiger partial charge in [0.05, 0.1) is 6.42 Å². The molecular weight excluding hydrogens is 378 g/mol. The predicted octanol–water partition coefficient (Wildman–Crippen LogP) is 4.86. The second-order valence-electron chi connectivity index (χ2n) is 7.15. The summed E-state index contributed by atoms with van der Waals surface area (Å²) in [4.78, 5) is 15.7. The third-order valence-corrected chi connectivity index (χ3v) is 5.03. The summed E-state index contributed by atoms with van der Waals surface area (Å²) in [6.45, 7) is 1.14. The lowest BCUT2D eigenvalue weighted by Gasteiger charge is -2.19. The minimum Gasteiger partial charge on any atom is -0.486 e. The number of fused-ring (bicyclic) bond motifs is 2. The molecule has 0 aliphatic carbocycles. The number of carbonyl (C=O) groups excluding carboxylic acids is 1. The van der Waals surface area contributed by atoms with E-state index in [-0.39, 0.29) is 5.91 Å². The van der Waals surface area contributed by atoms with E-state index in [4.69, 9.17) is 9.47 Å². The molecule has 30 heavy (non-hydrogen) atoms. The first-order valence-electron chi connectivity index (χ1n) is 9.86. The van der Waals surface area contributed by atoms with Gasteiger partial charge in [-0.15, -0.1) is 0 Å². The zero-order valence-electron chi connectivity index (χ0n) is 16.3. The fraction of sp³-hybridized carbons (Fsp3) is 0.125. The van der Waals surface area contributed by atoms with E-state index >= 15 is 0 Å². The predicted molar refractivity (Wildman–Crippen MR) is 118 cm³/mol. The number of para-hydroxylation sites is 1. The second-order valence-corrected chi connectivity index (χ2v) is 7.15. The Kier molecular flexibility index (Phi) is 4.73. The molecule has 4 aromatic rings. The van der Waals surface area contributed by atoms with Gasteiger partial charge in [-0.05, 0) is 48.0 Å². The van der Waals surface area contributed by atoms with Gasteiger partial charge in [0.1, 0.15) is 13.2 Å². The smallest absolute Gasteiger partial charge is 0.228 e. The molecule has 3 aromatic carbocycles. The van der Waals surface area contributed by atoms with Crippen molar-refractivity contribution in [2.45, 2.75) is 6.42 Å². The molecule has 0 atom stereocenters. The molecule has 6 nitrogen and oxygen atoms in total. The van der Waals surface area contributed by atoms with Crippen LogP contribution < -0.4 is 20.1 Å². The van der Waals surface area contributed by atoms with E-state index in [9.17, 15) is 4.79 Å². The zero-order chi connectivity index (χ0) is 20.3. The average molecular weight is 399 g/mol. The van der Waals surface area contributed by atoms with Crippen LogP contribution in [0, 0.1) is 0 Å². The van der Waals surface area contributed by atoms with Crippen LogP contribution in [0.25, 0.3) is 10.9 Å². The van der Waals surface area contributed by atoms with Crippen molar-refractivity contribution in [1.82, 2.24) is 4.98 Å². The summed E-state index contributed by atoms with van der Waals surface area (Å²) >= 11 is 0. The van der Waals surface area contributed by atoms with Gasteiger partial charge in [0.15, 0.2) is 11.5 Å². The summed E-state index contributed by atoms with van der Waals surface area (Å²) in [5.41, 5.74) is 4.61. The van der Waals surface area contributed by atoms with Gasteiger partial charge < -0.3 is 25.1 Å². The van der Waals surface area contributed by atoms with Gasteiger partial charge in [0, 0.05) is 40.2 Å². The Bertz CT molecular complexity index is 1200. The Morgan fingerprint density at radius 2 is 1.60 bits per heavy atom. The van der Waals surface area contributed by atoms with Crippen molar-refractivity contribution >= 4 is 33.9 Å². The monoisotopic (exact) mass is 399 g/mol. The normalized spacial score (nSPS) is 12.5. The first-order chi connectivity index (χ1) is 14.7. The highest BCUT2D eigenvalue weighted by Gasteiger charge is 2.12. The van der Waals surface area contributed by atoms with Crippen molar-refractivity contribution in [2.24, 2.45) is 0 Å². The third kappa shape index (κ3) is 3.80. The van der Waals surface area contributed by atoms with E-state index in [0.717, 1.165) is 45.0 Å². The van der Waals surface area contributed by atoms with Gasteiger partial charge in [-0.25, -0.2) is 0 Å². The lowest BCUT2D eigenvalue weighted by molar-refractivity contribution is -0.115. The molecule has 0 unspecified atom stereocenters. The number of anilines is 3. The fourth-order valence-corrected chi connectivity index (χ4v) is 3.58. The van der Waals surface area contributed by atoms with Gasteiger partial charge in [0.2, 0.25) is 5.91 Å². The molecular formula is C24H21N3O3. The number of rotatable bonds is 5. The number of amides is 1. The van der Waals surface area contributed by atoms with E-state index in [1.807, 2.05) is 72.9 Å². The third-order valence-electron chi connectivity index (χ3n) is 5.03. The van der Waals surface area contributed by atoms with Crippen molar-refractivity contribution in [3.63, 3.8) is 0 Å². The minimum atomic E-state index is -0.0488. The Balaban J connectivity index is 1.22. The van der Waals surface area contributed by atoms with Crippen LogP contribution in [0.15, 0.2) is 72.9 Å². The van der Waals surface area contributed by atoms with Crippen molar-refractivity contribution in [3.05, 3.63) is 78.5 Å². The Hall–Kier alpha value is -3.93. The quantitative estimate of drug-likeness (QED) is 0.448. The SMILES string of the molecule is O=C(Cc1c[nH]c2ccccc12)Nc1ccc(Nc2ccc3c(c2)OCCO3)cc1. The van der Waals surface area contributed by atoms with E-state index in [1.54, 1.807) is 0 Å². The average Bonchev–Trinajstić information content (AvgIpc) is 3.18. The molecule has 0 spiro atoms. The standard InChI is InChI=1S/C24H21N3O3/c28-24(13-16-15-25-21-4-2-1-3-20(16)21)27-18-7-5-17(6-8-18)26-19-9-10-22-23(14-19)30-12-11-29-22/h1-10,14-15,25-26H,11-13H2,(H,27,28). The summed E-state index contributed by atoms with van der Waals surface area (Å²) in [7, 11) is 0. The summed E-state index contributed by atoms with van der Waals surface area (Å²) in [5, 5.41) is 7.37. The maximum absolute atomic E-state index is 12.5. The molecule has 3 N–H and O–H groups in total. The molecule has 1 amide bonds. The summed E-state index contributed by atoms with van der Waals surface area (Å²) < 4.78 is 11.2. The molecule has 0 saturated carbocycles. The first-order valence-corrected chi connectivity index (χ1v) is 9.86. The van der Waals surface area contributed by atoms with E-state index in [1.165, 1.54) is 0 Å². The van der Waals surface area contributed by atoms with Crippen LogP contribution in [0.2, 0.25) is 0 Å². The van der Waals surface area contributed by atoms with E-state index in [2.05, 4.69) is 15.6 Å². The number of hydrogen-bond donors (Lipinski definition) is 3. The van der Waals surface area contributed by atoms with Crippen LogP contribution in [-0.4, -0.2) is 24.1 Å². The molecule has 0 fully saturated rings. The van der Waals surface area contributed by atoms with Crippen LogP contribution >= 0.6 is 0 Å². The molecule has 150 valence electrons. The molecule has 5 rings (SSSR count). The molecule has 0 saturated heterocycles. The largest absolute Gasteiger partial charge is 0.486 e. The number of benzene rings is 3. The van der Waals surface area contributed by atoms with Crippen LogP contribution in [0.1, 0.15) is 5.56 Å². The highest BCUT2D eigenvalue weighted by atomic mass is 16.6. The van der Waals surface area contributed by atoms with Gasteiger partial charge in [0.25, 0.3) is 0 Å². The number of H-pyrrole nitrogens is 1. The minimum absolute atomic E-state index is 0.0488. The van der Waals surface area contributed by atoms with E-state index < -0.39 is 0 Å². The Morgan fingerprint density at radius 1 is 0.867 bits per heavy atom. The van der Waals surface area contributed by atoms with Crippen molar-refractivity contribution in [1.29, 1.82) is 0 Å². The van der Waals surface area contributed by atoms with Crippen LogP contribution in [0.5, 0.6) is 11.5 Å². The lowest BCUT2D eigenvalue weighted by atomic mass is 10.1. The van der Waals surface area contributed by atoms with Gasteiger partial charge in [-0.2, -0.15) is 0 Å². The van der Waals surface area contributed by atoms with Crippen molar-refractivity contribution < 1.29 is 14.3 Å². The zero-order valence-corrected chi connectivity index (χ0v) is 16.3. The highest BCUT2D eigenvalue weighted by Crippen LogP contribution is 2.33. The molecule has 1 aliphatic heterocycles. The van der Waals surface area contributed by atoms with Crippen LogP contribution in [0.4, 0.5) is 17.1 Å². The number of aromatic nitrogens is 1. The Labute approximate surface area is 173 Å². The molecule has 0 radical (unpaired) electrons. The van der Waals surface area contributed by atoms with Gasteiger partial charge >= 0.3 is 0 Å².